The second kappa shape index (κ2) is 6.73. The number of aryl methyl sites for hydroxylation is 1. The molecule has 19 heavy (non-hydrogen) atoms. The molecule has 0 radical (unpaired) electrons. The third-order valence-corrected chi connectivity index (χ3v) is 3.06. The van der Waals surface area contributed by atoms with E-state index in [0.29, 0.717) is 0 Å². The maximum Gasteiger partial charge on any atom is 0.146 e. The van der Waals surface area contributed by atoms with Crippen LogP contribution in [0.5, 0.6) is 5.75 Å². The van der Waals surface area contributed by atoms with Crippen LogP contribution in [-0.4, -0.2) is 30.7 Å². The number of hydrogen-bond acceptors (Lipinski definition) is 4. The lowest BCUT2D eigenvalue weighted by Crippen LogP contribution is -2.20. The minimum Gasteiger partial charge on any atom is -0.497 e. The highest BCUT2D eigenvalue weighted by atomic mass is 16.5. The van der Waals surface area contributed by atoms with E-state index in [0.717, 1.165) is 31.0 Å². The first kappa shape index (κ1) is 13.3. The van der Waals surface area contributed by atoms with Gasteiger partial charge in [0.15, 0.2) is 0 Å². The third-order valence-electron chi connectivity index (χ3n) is 3.06. The number of methoxy groups -OCH3 is 1. The molecule has 100 valence electrons. The van der Waals surface area contributed by atoms with Crippen LogP contribution in [0.3, 0.4) is 0 Å². The van der Waals surface area contributed by atoms with Gasteiger partial charge in [-0.3, -0.25) is 4.98 Å². The van der Waals surface area contributed by atoms with Crippen molar-refractivity contribution in [2.45, 2.75) is 12.8 Å². The molecule has 2 aromatic rings. The Morgan fingerprint density at radius 3 is 2.58 bits per heavy atom. The van der Waals surface area contributed by atoms with Crippen molar-refractivity contribution in [2.75, 3.05) is 25.6 Å². The molecule has 4 heteroatoms. The molecule has 0 saturated carbocycles. The molecule has 0 spiro atoms. The van der Waals surface area contributed by atoms with Gasteiger partial charge in [-0.1, -0.05) is 12.1 Å². The molecular formula is C15H19N3O. The molecule has 0 saturated heterocycles. The van der Waals surface area contributed by atoms with Crippen molar-refractivity contribution in [1.82, 2.24) is 9.97 Å². The summed E-state index contributed by atoms with van der Waals surface area (Å²) in [4.78, 5) is 10.5. The van der Waals surface area contributed by atoms with Gasteiger partial charge in [-0.15, -0.1) is 0 Å². The van der Waals surface area contributed by atoms with E-state index < -0.39 is 0 Å². The first-order valence-electron chi connectivity index (χ1n) is 6.39. The highest BCUT2D eigenvalue weighted by Gasteiger charge is 2.02. The average molecular weight is 257 g/mol. The molecule has 2 rings (SSSR count). The number of aromatic nitrogens is 2. The van der Waals surface area contributed by atoms with E-state index in [1.54, 1.807) is 25.7 Å². The minimum atomic E-state index is 0.903. The van der Waals surface area contributed by atoms with Crippen molar-refractivity contribution in [2.24, 2.45) is 0 Å². The van der Waals surface area contributed by atoms with Crippen LogP contribution >= 0.6 is 0 Å². The third kappa shape index (κ3) is 3.95. The Labute approximate surface area is 114 Å². The zero-order valence-corrected chi connectivity index (χ0v) is 11.4. The summed E-state index contributed by atoms with van der Waals surface area (Å²) in [6.07, 6.45) is 7.32. The molecule has 0 amide bonds. The minimum absolute atomic E-state index is 0.903. The maximum atomic E-state index is 5.15. The first-order chi connectivity index (χ1) is 9.29. The van der Waals surface area contributed by atoms with Crippen molar-refractivity contribution in [1.29, 1.82) is 0 Å². The Hall–Kier alpha value is -2.10. The van der Waals surface area contributed by atoms with Gasteiger partial charge in [0.1, 0.15) is 11.6 Å². The van der Waals surface area contributed by atoms with Gasteiger partial charge < -0.3 is 9.64 Å². The van der Waals surface area contributed by atoms with Crippen molar-refractivity contribution >= 4 is 5.82 Å². The summed E-state index contributed by atoms with van der Waals surface area (Å²) in [6.45, 7) is 0.963. The Balaban J connectivity index is 1.79. The van der Waals surface area contributed by atoms with Crippen LogP contribution in [0.4, 0.5) is 5.82 Å². The summed E-state index contributed by atoms with van der Waals surface area (Å²) in [6, 6.07) is 8.23. The van der Waals surface area contributed by atoms with E-state index in [1.807, 2.05) is 19.2 Å². The van der Waals surface area contributed by atoms with E-state index in [1.165, 1.54) is 5.56 Å². The molecule has 0 fully saturated rings. The molecule has 0 unspecified atom stereocenters. The van der Waals surface area contributed by atoms with E-state index >= 15 is 0 Å². The van der Waals surface area contributed by atoms with Gasteiger partial charge in [0.05, 0.1) is 13.3 Å². The number of ether oxygens (including phenoxy) is 1. The first-order valence-corrected chi connectivity index (χ1v) is 6.39. The summed E-state index contributed by atoms with van der Waals surface area (Å²) in [5.41, 5.74) is 1.33. The number of rotatable bonds is 6. The summed E-state index contributed by atoms with van der Waals surface area (Å²) >= 11 is 0. The molecule has 0 aliphatic carbocycles. The zero-order chi connectivity index (χ0) is 13.5. The summed E-state index contributed by atoms with van der Waals surface area (Å²) in [5.74, 6) is 1.82. The van der Waals surface area contributed by atoms with E-state index in [2.05, 4.69) is 27.0 Å². The number of anilines is 1. The van der Waals surface area contributed by atoms with Crippen molar-refractivity contribution in [3.8, 4) is 5.75 Å². The van der Waals surface area contributed by atoms with Crippen LogP contribution in [0.25, 0.3) is 0 Å². The smallest absolute Gasteiger partial charge is 0.146 e. The molecule has 1 aromatic heterocycles. The summed E-state index contributed by atoms with van der Waals surface area (Å²) in [5, 5.41) is 0. The molecule has 0 bridgehead atoms. The second-order valence-electron chi connectivity index (χ2n) is 4.44. The predicted octanol–water partition coefficient (Wildman–Crippen LogP) is 2.55. The van der Waals surface area contributed by atoms with Crippen LogP contribution in [-0.2, 0) is 6.42 Å². The largest absolute Gasteiger partial charge is 0.497 e. The molecule has 4 nitrogen and oxygen atoms in total. The van der Waals surface area contributed by atoms with Gasteiger partial charge in [-0.2, -0.15) is 0 Å². The lowest BCUT2D eigenvalue weighted by Gasteiger charge is -2.17. The van der Waals surface area contributed by atoms with Crippen molar-refractivity contribution < 1.29 is 4.74 Å². The van der Waals surface area contributed by atoms with Crippen molar-refractivity contribution in [3.05, 3.63) is 48.4 Å². The van der Waals surface area contributed by atoms with E-state index in [-0.39, 0.29) is 0 Å². The van der Waals surface area contributed by atoms with Gasteiger partial charge in [-0.05, 0) is 30.5 Å². The molecule has 0 N–H and O–H groups in total. The van der Waals surface area contributed by atoms with Gasteiger partial charge in [0.25, 0.3) is 0 Å². The van der Waals surface area contributed by atoms with Crippen LogP contribution in [0, 0.1) is 0 Å². The Morgan fingerprint density at radius 1 is 1.16 bits per heavy atom. The van der Waals surface area contributed by atoms with E-state index in [4.69, 9.17) is 4.74 Å². The van der Waals surface area contributed by atoms with Crippen molar-refractivity contribution in [3.63, 3.8) is 0 Å². The standard InChI is InChI=1S/C15H19N3O/c1-18(15-12-16-9-10-17-15)11-3-4-13-5-7-14(19-2)8-6-13/h5-10,12H,3-4,11H2,1-2H3. The molecule has 1 heterocycles. The number of benzene rings is 1. The van der Waals surface area contributed by atoms with E-state index in [9.17, 15) is 0 Å². The fourth-order valence-corrected chi connectivity index (χ4v) is 1.92. The molecule has 1 aromatic carbocycles. The summed E-state index contributed by atoms with van der Waals surface area (Å²) in [7, 11) is 3.73. The van der Waals surface area contributed by atoms with Gasteiger partial charge >= 0.3 is 0 Å². The fraction of sp³-hybridized carbons (Fsp3) is 0.333. The highest BCUT2D eigenvalue weighted by molar-refractivity contribution is 5.33. The Kier molecular flexibility index (Phi) is 4.72. The van der Waals surface area contributed by atoms with Crippen LogP contribution in [0.2, 0.25) is 0 Å². The van der Waals surface area contributed by atoms with Gasteiger partial charge in [0, 0.05) is 26.0 Å². The second-order valence-corrected chi connectivity index (χ2v) is 4.44. The normalized spacial score (nSPS) is 10.2. The fourth-order valence-electron chi connectivity index (χ4n) is 1.92. The molecule has 0 aliphatic heterocycles. The highest BCUT2D eigenvalue weighted by Crippen LogP contribution is 2.13. The lowest BCUT2D eigenvalue weighted by molar-refractivity contribution is 0.414. The number of nitrogens with zero attached hydrogens (tertiary/aromatic N) is 3. The van der Waals surface area contributed by atoms with Crippen LogP contribution in [0.1, 0.15) is 12.0 Å². The van der Waals surface area contributed by atoms with Gasteiger partial charge in [0.2, 0.25) is 0 Å². The monoisotopic (exact) mass is 257 g/mol. The zero-order valence-electron chi connectivity index (χ0n) is 11.4. The Morgan fingerprint density at radius 2 is 1.95 bits per heavy atom. The SMILES string of the molecule is COc1ccc(CCCN(C)c2cnccn2)cc1. The summed E-state index contributed by atoms with van der Waals surface area (Å²) < 4.78 is 5.15. The predicted molar refractivity (Wildman–Crippen MR) is 76.6 cm³/mol. The number of hydrogen-bond donors (Lipinski definition) is 0. The van der Waals surface area contributed by atoms with Crippen LogP contribution in [0.15, 0.2) is 42.9 Å². The quantitative estimate of drug-likeness (QED) is 0.797. The molecule has 0 atom stereocenters. The molecule has 0 aliphatic rings. The van der Waals surface area contributed by atoms with Gasteiger partial charge in [-0.25, -0.2) is 4.98 Å². The lowest BCUT2D eigenvalue weighted by atomic mass is 10.1. The average Bonchev–Trinajstić information content (AvgIpc) is 2.49. The Bertz CT molecular complexity index is 485. The van der Waals surface area contributed by atoms with Crippen LogP contribution < -0.4 is 9.64 Å². The topological polar surface area (TPSA) is 38.2 Å². The molecular weight excluding hydrogens is 238 g/mol. The maximum absolute atomic E-state index is 5.15.